The largest absolute Gasteiger partial charge is 0.407 e. The number of hydrogen-bond acceptors (Lipinski definition) is 5. The van der Waals surface area contributed by atoms with E-state index < -0.39 is 19.6 Å². The van der Waals surface area contributed by atoms with E-state index >= 15 is 0 Å². The lowest BCUT2D eigenvalue weighted by atomic mass is 10.2. The number of hydrogen-bond donors (Lipinski definition) is 2. The molecule has 0 aliphatic rings. The molecule has 0 spiro atoms. The molecule has 0 fully saturated rings. The van der Waals surface area contributed by atoms with Crippen molar-refractivity contribution in [2.45, 2.75) is 32.5 Å². The molecular formula is C25H32N2O5Si. The van der Waals surface area contributed by atoms with E-state index in [1.165, 1.54) is 27.2 Å². The molecule has 0 aliphatic heterocycles. The fourth-order valence-corrected chi connectivity index (χ4v) is 8.66. The number of benzene rings is 2. The van der Waals surface area contributed by atoms with Crippen LogP contribution in [0.4, 0.5) is 0 Å². The minimum Gasteiger partial charge on any atom is -0.407 e. The molecule has 1 aromatic heterocycles. The van der Waals surface area contributed by atoms with Crippen LogP contribution < -0.4 is 21.6 Å². The van der Waals surface area contributed by atoms with Gasteiger partial charge < -0.3 is 14.3 Å². The van der Waals surface area contributed by atoms with Crippen LogP contribution in [0.25, 0.3) is 0 Å². The Morgan fingerprint density at radius 3 is 2.00 bits per heavy atom. The van der Waals surface area contributed by atoms with Gasteiger partial charge in [-0.25, -0.2) is 4.79 Å². The maximum absolute atomic E-state index is 11.8. The molecule has 0 radical (unpaired) electrons. The van der Waals surface area contributed by atoms with Crippen molar-refractivity contribution in [3.05, 3.63) is 93.8 Å². The highest BCUT2D eigenvalue weighted by Crippen LogP contribution is 2.37. The van der Waals surface area contributed by atoms with Crippen molar-refractivity contribution >= 4 is 18.7 Å². The standard InChI is InChI=1S/C25H32N2O5Si/c1-25(2,3)33(21-10-6-4-7-11-21,22-12-8-5-9-13-22)32-18-20(16-28)17-31-19-27-15-14-23(29)26-24(27)30/h4-15,20,28H,16-19H2,1-3H3,(H,26,29,30). The van der Waals surface area contributed by atoms with Gasteiger partial charge in [-0.2, -0.15) is 0 Å². The van der Waals surface area contributed by atoms with Gasteiger partial charge in [0.2, 0.25) is 0 Å². The number of nitrogens with one attached hydrogen (secondary N) is 1. The smallest absolute Gasteiger partial charge is 0.330 e. The highest BCUT2D eigenvalue weighted by Gasteiger charge is 2.50. The molecular weight excluding hydrogens is 436 g/mol. The van der Waals surface area contributed by atoms with Crippen LogP contribution in [0.1, 0.15) is 20.8 Å². The Labute approximate surface area is 194 Å². The number of aromatic amines is 1. The minimum absolute atomic E-state index is 0.0225. The number of aliphatic hydroxyl groups excluding tert-OH is 1. The first-order valence-electron chi connectivity index (χ1n) is 11.0. The second-order valence-electron chi connectivity index (χ2n) is 9.10. The summed E-state index contributed by atoms with van der Waals surface area (Å²) in [6, 6.07) is 21.9. The van der Waals surface area contributed by atoms with E-state index in [0.717, 1.165) is 0 Å². The number of nitrogens with zero attached hydrogens (tertiary/aromatic N) is 1. The summed E-state index contributed by atoms with van der Waals surface area (Å²) in [4.78, 5) is 25.2. The fourth-order valence-electron chi connectivity index (χ4n) is 4.02. The van der Waals surface area contributed by atoms with Gasteiger partial charge in [0.25, 0.3) is 13.9 Å². The van der Waals surface area contributed by atoms with Gasteiger partial charge in [-0.05, 0) is 15.4 Å². The van der Waals surface area contributed by atoms with Crippen molar-refractivity contribution < 1.29 is 14.3 Å². The average Bonchev–Trinajstić information content (AvgIpc) is 2.80. The summed E-state index contributed by atoms with van der Waals surface area (Å²) < 4.78 is 13.8. The van der Waals surface area contributed by atoms with Gasteiger partial charge in [-0.15, -0.1) is 0 Å². The number of aromatic nitrogens is 2. The molecule has 176 valence electrons. The third-order valence-electron chi connectivity index (χ3n) is 5.69. The summed E-state index contributed by atoms with van der Waals surface area (Å²) in [7, 11) is -2.71. The van der Waals surface area contributed by atoms with E-state index in [2.05, 4.69) is 50.0 Å². The maximum atomic E-state index is 11.8. The molecule has 1 heterocycles. The summed E-state index contributed by atoms with van der Waals surface area (Å²) in [5, 5.41) is 12.2. The molecule has 0 saturated heterocycles. The number of rotatable bonds is 10. The van der Waals surface area contributed by atoms with Gasteiger partial charge in [0.05, 0.1) is 13.2 Å². The third-order valence-corrected chi connectivity index (χ3v) is 10.7. The molecule has 0 saturated carbocycles. The van der Waals surface area contributed by atoms with Crippen LogP contribution in [0.3, 0.4) is 0 Å². The molecule has 0 bridgehead atoms. The highest BCUT2D eigenvalue weighted by atomic mass is 28.4. The molecule has 3 aromatic rings. The van der Waals surface area contributed by atoms with Crippen molar-refractivity contribution in [1.82, 2.24) is 9.55 Å². The molecule has 2 N–H and O–H groups in total. The van der Waals surface area contributed by atoms with Crippen molar-refractivity contribution in [3.63, 3.8) is 0 Å². The molecule has 1 unspecified atom stereocenters. The Morgan fingerprint density at radius 1 is 0.939 bits per heavy atom. The molecule has 0 aliphatic carbocycles. The lowest BCUT2D eigenvalue weighted by molar-refractivity contribution is 0.0146. The lowest BCUT2D eigenvalue weighted by Gasteiger charge is -2.43. The summed E-state index contributed by atoms with van der Waals surface area (Å²) in [6.45, 7) is 6.99. The molecule has 2 aromatic carbocycles. The SMILES string of the molecule is CC(C)(C)[Si](OCC(CO)COCn1ccc(=O)[nH]c1=O)(c1ccccc1)c1ccccc1. The summed E-state index contributed by atoms with van der Waals surface area (Å²) in [5.41, 5.74) is -0.991. The van der Waals surface area contributed by atoms with Crippen LogP contribution in [0, 0.1) is 5.92 Å². The zero-order valence-corrected chi connectivity index (χ0v) is 20.4. The maximum Gasteiger partial charge on any atom is 0.330 e. The van der Waals surface area contributed by atoms with Crippen molar-refractivity contribution in [1.29, 1.82) is 0 Å². The van der Waals surface area contributed by atoms with Crippen LogP contribution in [0.5, 0.6) is 0 Å². The first-order valence-corrected chi connectivity index (χ1v) is 12.9. The Bertz CT molecular complexity index is 1080. The van der Waals surface area contributed by atoms with Crippen LogP contribution in [0.15, 0.2) is 82.5 Å². The monoisotopic (exact) mass is 468 g/mol. The Hall–Kier alpha value is -2.78. The van der Waals surface area contributed by atoms with E-state index in [1.807, 2.05) is 36.4 Å². The first kappa shape index (κ1) is 24.9. The second-order valence-corrected chi connectivity index (χ2v) is 13.4. The Morgan fingerprint density at radius 2 is 1.52 bits per heavy atom. The van der Waals surface area contributed by atoms with Crippen LogP contribution in [-0.4, -0.2) is 42.8 Å². The summed E-state index contributed by atoms with van der Waals surface area (Å²) in [6.07, 6.45) is 1.38. The van der Waals surface area contributed by atoms with Gasteiger partial charge in [0, 0.05) is 24.8 Å². The van der Waals surface area contributed by atoms with E-state index in [0.29, 0.717) is 6.61 Å². The van der Waals surface area contributed by atoms with Crippen molar-refractivity contribution in [2.75, 3.05) is 19.8 Å². The molecule has 33 heavy (non-hydrogen) atoms. The van der Waals surface area contributed by atoms with Crippen molar-refractivity contribution in [3.8, 4) is 0 Å². The number of ether oxygens (including phenoxy) is 1. The van der Waals surface area contributed by atoms with Gasteiger partial charge in [0.15, 0.2) is 0 Å². The van der Waals surface area contributed by atoms with E-state index in [4.69, 9.17) is 9.16 Å². The van der Waals surface area contributed by atoms with Gasteiger partial charge in [0.1, 0.15) is 6.73 Å². The van der Waals surface area contributed by atoms with Crippen LogP contribution >= 0.6 is 0 Å². The topological polar surface area (TPSA) is 93.5 Å². The Kier molecular flexibility index (Phi) is 8.20. The fraction of sp³-hybridized carbons (Fsp3) is 0.360. The summed E-state index contributed by atoms with van der Waals surface area (Å²) in [5.74, 6) is -0.273. The predicted octanol–water partition coefficient (Wildman–Crippen LogP) is 1.70. The van der Waals surface area contributed by atoms with E-state index in [9.17, 15) is 14.7 Å². The molecule has 8 heteroatoms. The quantitative estimate of drug-likeness (QED) is 0.442. The first-order chi connectivity index (χ1) is 15.8. The predicted molar refractivity (Wildman–Crippen MR) is 131 cm³/mol. The Balaban J connectivity index is 1.80. The highest BCUT2D eigenvalue weighted by molar-refractivity contribution is 6.99. The summed E-state index contributed by atoms with van der Waals surface area (Å²) >= 11 is 0. The molecule has 7 nitrogen and oxygen atoms in total. The lowest BCUT2D eigenvalue weighted by Crippen LogP contribution is -2.67. The minimum atomic E-state index is -2.71. The third kappa shape index (κ3) is 5.78. The molecule has 3 rings (SSSR count). The number of aliphatic hydroxyl groups is 1. The van der Waals surface area contributed by atoms with E-state index in [1.54, 1.807) is 0 Å². The van der Waals surface area contributed by atoms with Gasteiger partial charge >= 0.3 is 5.69 Å². The molecule has 1 atom stereocenters. The normalized spacial score (nSPS) is 13.1. The molecule has 0 amide bonds. The number of H-pyrrole nitrogens is 1. The zero-order chi connectivity index (χ0) is 23.9. The van der Waals surface area contributed by atoms with Crippen LogP contribution in [0.2, 0.25) is 5.04 Å². The zero-order valence-electron chi connectivity index (χ0n) is 19.4. The van der Waals surface area contributed by atoms with Crippen molar-refractivity contribution in [2.24, 2.45) is 5.92 Å². The van der Waals surface area contributed by atoms with Gasteiger partial charge in [-0.1, -0.05) is 81.4 Å². The van der Waals surface area contributed by atoms with Gasteiger partial charge in [-0.3, -0.25) is 14.3 Å². The van der Waals surface area contributed by atoms with Crippen LogP contribution in [-0.2, 0) is 15.9 Å². The van der Waals surface area contributed by atoms with E-state index in [-0.39, 0.29) is 30.9 Å². The second kappa shape index (κ2) is 10.9. The average molecular weight is 469 g/mol.